The highest BCUT2D eigenvalue weighted by Gasteiger charge is 1.07. The Balaban J connectivity index is 0. The summed E-state index contributed by atoms with van der Waals surface area (Å²) in [7, 11) is -1.42. The average Bonchev–Trinajstić information content (AvgIpc) is 0.918. The molecule has 0 spiro atoms. The topological polar surface area (TPSA) is 34.1 Å². The number of rotatable bonds is 0. The maximum Gasteiger partial charge on any atom is 0.303 e. The smallest absolute Gasteiger partial charge is 0.241 e. The molecule has 0 aromatic rings. The van der Waals surface area contributed by atoms with Gasteiger partial charge in [-0.1, -0.05) is 0 Å². The summed E-state index contributed by atoms with van der Waals surface area (Å²) >= 11 is 0. The van der Waals surface area contributed by atoms with Gasteiger partial charge >= 0.3 is 8.34 Å². The van der Waals surface area contributed by atoms with Crippen molar-refractivity contribution in [1.82, 2.24) is 0 Å². The van der Waals surface area contributed by atoms with Gasteiger partial charge in [0.25, 0.3) is 0 Å². The highest BCUT2D eigenvalue weighted by Crippen LogP contribution is 1.49. The molecule has 0 N–H and O–H groups in total. The van der Waals surface area contributed by atoms with E-state index in [0.717, 1.165) is 0 Å². The zero-order valence-corrected chi connectivity index (χ0v) is 4.05. The van der Waals surface area contributed by atoms with Crippen LogP contribution in [0.1, 0.15) is 0 Å². The van der Waals surface area contributed by atoms with Crippen LogP contribution in [0.15, 0.2) is 0 Å². The molecule has 0 amide bonds. The van der Waals surface area contributed by atoms with E-state index in [1.807, 2.05) is 0 Å². The van der Waals surface area contributed by atoms with Crippen molar-refractivity contribution in [3.63, 3.8) is 0 Å². The molecule has 0 rings (SSSR count). The SMILES string of the molecule is O=[PH]=O.[Al]. The molecule has 0 aromatic carbocycles. The molecule has 0 heterocycles. The van der Waals surface area contributed by atoms with Crippen molar-refractivity contribution in [1.29, 1.82) is 0 Å². The lowest BCUT2D eigenvalue weighted by molar-refractivity contribution is 0.531. The summed E-state index contributed by atoms with van der Waals surface area (Å²) < 4.78 is 16.8. The molecule has 0 saturated heterocycles. The van der Waals surface area contributed by atoms with E-state index in [1.165, 1.54) is 0 Å². The van der Waals surface area contributed by atoms with E-state index in [2.05, 4.69) is 0 Å². The van der Waals surface area contributed by atoms with Crippen molar-refractivity contribution >= 4 is 25.7 Å². The van der Waals surface area contributed by atoms with Crippen LogP contribution in [0.5, 0.6) is 0 Å². The first kappa shape index (κ1) is 8.83. The van der Waals surface area contributed by atoms with Crippen LogP contribution in [-0.2, 0) is 9.13 Å². The fourth-order valence-electron chi connectivity index (χ4n) is 0. The minimum atomic E-state index is -1.42. The van der Waals surface area contributed by atoms with Gasteiger partial charge in [-0.15, -0.1) is 0 Å². The fourth-order valence-corrected chi connectivity index (χ4v) is 0. The summed E-state index contributed by atoms with van der Waals surface area (Å²) in [6, 6.07) is 0. The lowest BCUT2D eigenvalue weighted by Crippen LogP contribution is -0.742. The van der Waals surface area contributed by atoms with Gasteiger partial charge in [0.2, 0.25) is 0 Å². The maximum atomic E-state index is 8.40. The summed E-state index contributed by atoms with van der Waals surface area (Å²) in [5, 5.41) is 0. The van der Waals surface area contributed by atoms with Crippen molar-refractivity contribution in [3.8, 4) is 0 Å². The van der Waals surface area contributed by atoms with E-state index in [1.54, 1.807) is 0 Å². The third-order valence-electron chi connectivity index (χ3n) is 0. The number of hydrogen-bond donors (Lipinski definition) is 0. The van der Waals surface area contributed by atoms with E-state index in [4.69, 9.17) is 9.13 Å². The lowest BCUT2D eigenvalue weighted by Gasteiger charge is -1.00. The molecule has 0 aromatic heterocycles. The van der Waals surface area contributed by atoms with Crippen molar-refractivity contribution < 1.29 is 9.13 Å². The average molecular weight is 91.0 g/mol. The normalized spacial score (nSPS) is 3.00. The van der Waals surface area contributed by atoms with E-state index < -0.39 is 8.34 Å². The zero-order valence-electron chi connectivity index (χ0n) is 1.89. The fraction of sp³-hybridized carbons (Fsp3) is 0. The van der Waals surface area contributed by atoms with Crippen LogP contribution in [0.25, 0.3) is 0 Å². The highest BCUT2D eigenvalue weighted by molar-refractivity contribution is 7.08. The van der Waals surface area contributed by atoms with E-state index in [-0.39, 0.29) is 17.4 Å². The van der Waals surface area contributed by atoms with Crippen LogP contribution in [0.4, 0.5) is 0 Å². The molecular weight excluding hydrogens is 90.0 g/mol. The molecule has 0 bridgehead atoms. The number of hydrogen-bond acceptors (Lipinski definition) is 2. The minimum absolute atomic E-state index is 0. The van der Waals surface area contributed by atoms with Crippen LogP contribution in [0.2, 0.25) is 0 Å². The second-order valence-corrected chi connectivity index (χ2v) is 0.250. The summed E-state index contributed by atoms with van der Waals surface area (Å²) in [5.41, 5.74) is 0. The predicted octanol–water partition coefficient (Wildman–Crippen LogP) is -0.0249. The Morgan fingerprint density at radius 2 is 1.25 bits per heavy atom. The molecule has 0 aliphatic carbocycles. The monoisotopic (exact) mass is 91.0 g/mol. The Morgan fingerprint density at radius 1 is 1.25 bits per heavy atom. The molecule has 3 radical (unpaired) electrons. The second kappa shape index (κ2) is 9.90. The van der Waals surface area contributed by atoms with Crippen molar-refractivity contribution in [2.24, 2.45) is 0 Å². The predicted molar refractivity (Wildman–Crippen MR) is 15.4 cm³/mol. The molecule has 0 saturated carbocycles. The van der Waals surface area contributed by atoms with E-state index in [9.17, 15) is 0 Å². The molecule has 0 aliphatic rings. The van der Waals surface area contributed by atoms with E-state index >= 15 is 0 Å². The summed E-state index contributed by atoms with van der Waals surface area (Å²) in [6.07, 6.45) is 0. The van der Waals surface area contributed by atoms with Gasteiger partial charge in [-0.2, -0.15) is 0 Å². The molecule has 0 unspecified atom stereocenters. The van der Waals surface area contributed by atoms with Crippen LogP contribution < -0.4 is 0 Å². The van der Waals surface area contributed by atoms with Gasteiger partial charge in [-0.3, -0.25) is 0 Å². The molecule has 0 fully saturated rings. The minimum Gasteiger partial charge on any atom is -0.241 e. The van der Waals surface area contributed by atoms with Crippen LogP contribution in [0.3, 0.4) is 0 Å². The Labute approximate surface area is 35.6 Å². The van der Waals surface area contributed by atoms with Crippen molar-refractivity contribution in [3.05, 3.63) is 0 Å². The van der Waals surface area contributed by atoms with Crippen LogP contribution in [-0.4, -0.2) is 17.4 Å². The van der Waals surface area contributed by atoms with Gasteiger partial charge in [0.15, 0.2) is 0 Å². The first-order chi connectivity index (χ1) is 1.41. The molecule has 4 heteroatoms. The summed E-state index contributed by atoms with van der Waals surface area (Å²) in [6.45, 7) is 0. The quantitative estimate of drug-likeness (QED) is 0.310. The third kappa shape index (κ3) is 26.7. The van der Waals surface area contributed by atoms with Gasteiger partial charge in [0.05, 0.1) is 0 Å². The first-order valence-electron chi connectivity index (χ1n) is 0.408. The van der Waals surface area contributed by atoms with Gasteiger partial charge in [-0.05, 0) is 0 Å². The van der Waals surface area contributed by atoms with Gasteiger partial charge in [0, 0.05) is 17.4 Å². The highest BCUT2D eigenvalue weighted by atomic mass is 31.0. The van der Waals surface area contributed by atoms with Gasteiger partial charge < -0.3 is 0 Å². The largest absolute Gasteiger partial charge is 0.303 e. The Morgan fingerprint density at radius 3 is 1.25 bits per heavy atom. The lowest BCUT2D eigenvalue weighted by atomic mass is 15.9. The Bertz CT molecular complexity index is 27.0. The van der Waals surface area contributed by atoms with Crippen molar-refractivity contribution in [2.75, 3.05) is 0 Å². The molecule has 4 heavy (non-hydrogen) atoms. The maximum absolute atomic E-state index is 8.40. The summed E-state index contributed by atoms with van der Waals surface area (Å²) in [4.78, 5) is 0. The zero-order chi connectivity index (χ0) is 2.71. The molecule has 21 valence electrons. The summed E-state index contributed by atoms with van der Waals surface area (Å²) in [5.74, 6) is 0. The molecule has 0 aliphatic heterocycles. The Kier molecular flexibility index (Phi) is 21.8. The molecule has 2 nitrogen and oxygen atoms in total. The van der Waals surface area contributed by atoms with Crippen LogP contribution >= 0.6 is 8.34 Å². The van der Waals surface area contributed by atoms with Gasteiger partial charge in [0.1, 0.15) is 0 Å². The van der Waals surface area contributed by atoms with Gasteiger partial charge in [-0.25, -0.2) is 9.13 Å². The molecule has 0 atom stereocenters. The van der Waals surface area contributed by atoms with Crippen LogP contribution in [0, 0.1) is 0 Å². The second-order valence-electron chi connectivity index (χ2n) is 0.0833. The first-order valence-corrected chi connectivity index (χ1v) is 1.22. The standard InChI is InChI=1S/Al.HO2P/c;1-3-2/h;3H. The Hall–Kier alpha value is 0.432. The van der Waals surface area contributed by atoms with E-state index in [0.29, 0.717) is 0 Å². The third-order valence-corrected chi connectivity index (χ3v) is 0. The van der Waals surface area contributed by atoms with Crippen molar-refractivity contribution in [2.45, 2.75) is 0 Å². The molecular formula is HAlO2P.